The van der Waals surface area contributed by atoms with Gasteiger partial charge < -0.3 is 9.84 Å². The van der Waals surface area contributed by atoms with Gasteiger partial charge in [-0.25, -0.2) is 0 Å². The summed E-state index contributed by atoms with van der Waals surface area (Å²) in [7, 11) is 0. The van der Waals surface area contributed by atoms with Gasteiger partial charge in [-0.1, -0.05) is 12.1 Å². The van der Waals surface area contributed by atoms with Crippen molar-refractivity contribution in [2.24, 2.45) is 0 Å². The zero-order valence-electron chi connectivity index (χ0n) is 10.6. The molecule has 0 aliphatic heterocycles. The summed E-state index contributed by atoms with van der Waals surface area (Å²) in [5, 5.41) is 12.7. The van der Waals surface area contributed by atoms with Gasteiger partial charge in [-0.05, 0) is 32.2 Å². The lowest BCUT2D eigenvalue weighted by Gasteiger charge is -2.16. The van der Waals surface area contributed by atoms with Crippen molar-refractivity contribution in [3.8, 4) is 5.75 Å². The van der Waals surface area contributed by atoms with Crippen LogP contribution in [0, 0.1) is 0 Å². The first-order valence-electron chi connectivity index (χ1n) is 5.83. The Morgan fingerprint density at radius 1 is 1.35 bits per heavy atom. The second-order valence-corrected chi connectivity index (χ2v) is 4.97. The molecule has 1 unspecified atom stereocenters. The number of hydrogen-bond acceptors (Lipinski definition) is 4. The molecule has 0 aliphatic rings. The van der Waals surface area contributed by atoms with Gasteiger partial charge in [-0.2, -0.15) is 0 Å². The topological polar surface area (TPSA) is 41.5 Å². The molecule has 0 aliphatic carbocycles. The molecule has 0 fully saturated rings. The van der Waals surface area contributed by atoms with Crippen molar-refractivity contribution in [2.75, 3.05) is 12.9 Å². The SMILES string of the molecule is CSc1ccccc1OCCC(O)NC(C)C. The Morgan fingerprint density at radius 2 is 2.06 bits per heavy atom. The third kappa shape index (κ3) is 5.44. The van der Waals surface area contributed by atoms with Crippen LogP contribution in [-0.2, 0) is 0 Å². The number of rotatable bonds is 7. The molecule has 2 N–H and O–H groups in total. The second kappa shape index (κ2) is 7.58. The first-order chi connectivity index (χ1) is 8.13. The normalized spacial score (nSPS) is 12.8. The van der Waals surface area contributed by atoms with E-state index in [9.17, 15) is 5.11 Å². The summed E-state index contributed by atoms with van der Waals surface area (Å²) in [4.78, 5) is 1.12. The zero-order valence-corrected chi connectivity index (χ0v) is 11.5. The maximum absolute atomic E-state index is 9.63. The Balaban J connectivity index is 2.35. The molecule has 4 heteroatoms. The number of aliphatic hydroxyl groups excluding tert-OH is 1. The van der Waals surface area contributed by atoms with E-state index >= 15 is 0 Å². The van der Waals surface area contributed by atoms with Crippen LogP contribution >= 0.6 is 11.8 Å². The van der Waals surface area contributed by atoms with E-state index in [1.54, 1.807) is 11.8 Å². The molecule has 3 nitrogen and oxygen atoms in total. The molecule has 0 saturated heterocycles. The van der Waals surface area contributed by atoms with Crippen LogP contribution in [0.15, 0.2) is 29.2 Å². The number of aliphatic hydroxyl groups is 1. The first-order valence-corrected chi connectivity index (χ1v) is 7.06. The van der Waals surface area contributed by atoms with Gasteiger partial charge in [0.1, 0.15) is 12.0 Å². The van der Waals surface area contributed by atoms with Crippen molar-refractivity contribution in [1.82, 2.24) is 5.32 Å². The average Bonchev–Trinajstić information content (AvgIpc) is 2.28. The van der Waals surface area contributed by atoms with Crippen LogP contribution in [-0.4, -0.2) is 30.2 Å². The molecule has 96 valence electrons. The van der Waals surface area contributed by atoms with E-state index in [0.29, 0.717) is 13.0 Å². The number of ether oxygens (including phenoxy) is 1. The van der Waals surface area contributed by atoms with E-state index in [0.717, 1.165) is 10.6 Å². The van der Waals surface area contributed by atoms with Crippen LogP contribution in [0.4, 0.5) is 0 Å². The molecule has 0 bridgehead atoms. The van der Waals surface area contributed by atoms with Crippen molar-refractivity contribution in [2.45, 2.75) is 37.4 Å². The summed E-state index contributed by atoms with van der Waals surface area (Å²) in [5.74, 6) is 0.886. The highest BCUT2D eigenvalue weighted by molar-refractivity contribution is 7.98. The Labute approximate surface area is 108 Å². The Morgan fingerprint density at radius 3 is 2.71 bits per heavy atom. The number of nitrogens with one attached hydrogen (secondary N) is 1. The van der Waals surface area contributed by atoms with Gasteiger partial charge in [0.2, 0.25) is 0 Å². The molecule has 1 atom stereocenters. The van der Waals surface area contributed by atoms with Crippen molar-refractivity contribution >= 4 is 11.8 Å². The van der Waals surface area contributed by atoms with Gasteiger partial charge in [0.25, 0.3) is 0 Å². The van der Waals surface area contributed by atoms with Crippen molar-refractivity contribution in [1.29, 1.82) is 0 Å². The fourth-order valence-electron chi connectivity index (χ4n) is 1.49. The van der Waals surface area contributed by atoms with Gasteiger partial charge in [0, 0.05) is 17.4 Å². The number of thioether (sulfide) groups is 1. The van der Waals surface area contributed by atoms with E-state index in [1.807, 2.05) is 44.4 Å². The van der Waals surface area contributed by atoms with E-state index in [4.69, 9.17) is 4.74 Å². The van der Waals surface area contributed by atoms with Crippen LogP contribution in [0.3, 0.4) is 0 Å². The van der Waals surface area contributed by atoms with Gasteiger partial charge in [-0.3, -0.25) is 5.32 Å². The molecular formula is C13H21NO2S. The molecule has 0 spiro atoms. The molecule has 1 aromatic carbocycles. The average molecular weight is 255 g/mol. The summed E-state index contributed by atoms with van der Waals surface area (Å²) < 4.78 is 5.66. The van der Waals surface area contributed by atoms with Crippen LogP contribution in [0.25, 0.3) is 0 Å². The highest BCUT2D eigenvalue weighted by Gasteiger charge is 2.06. The summed E-state index contributed by atoms with van der Waals surface area (Å²) >= 11 is 1.66. The molecule has 0 saturated carbocycles. The Kier molecular flexibility index (Phi) is 6.40. The number of hydrogen-bond donors (Lipinski definition) is 2. The smallest absolute Gasteiger partial charge is 0.132 e. The van der Waals surface area contributed by atoms with E-state index in [2.05, 4.69) is 5.32 Å². The Bertz CT molecular complexity index is 331. The molecule has 0 aromatic heterocycles. The fraction of sp³-hybridized carbons (Fsp3) is 0.538. The number of para-hydroxylation sites is 1. The molecular weight excluding hydrogens is 234 g/mol. The molecule has 0 radical (unpaired) electrons. The van der Waals surface area contributed by atoms with Crippen LogP contribution in [0.1, 0.15) is 20.3 Å². The van der Waals surface area contributed by atoms with Crippen molar-refractivity contribution in [3.05, 3.63) is 24.3 Å². The van der Waals surface area contributed by atoms with Crippen LogP contribution in [0.5, 0.6) is 5.75 Å². The highest BCUT2D eigenvalue weighted by atomic mass is 32.2. The van der Waals surface area contributed by atoms with E-state index in [-0.39, 0.29) is 6.04 Å². The lowest BCUT2D eigenvalue weighted by molar-refractivity contribution is 0.0990. The predicted octanol–water partition coefficient (Wildman–Crippen LogP) is 2.49. The minimum atomic E-state index is -0.503. The summed E-state index contributed by atoms with van der Waals surface area (Å²) in [6.45, 7) is 4.53. The third-order valence-corrected chi connectivity index (χ3v) is 3.02. The molecule has 0 heterocycles. The van der Waals surface area contributed by atoms with Crippen molar-refractivity contribution in [3.63, 3.8) is 0 Å². The standard InChI is InChI=1S/C13H21NO2S/c1-10(2)14-13(15)8-9-16-11-6-4-5-7-12(11)17-3/h4-7,10,13-15H,8-9H2,1-3H3. The lowest BCUT2D eigenvalue weighted by atomic mass is 10.3. The summed E-state index contributed by atoms with van der Waals surface area (Å²) in [5.41, 5.74) is 0. The molecule has 0 amide bonds. The quantitative estimate of drug-likeness (QED) is 0.580. The maximum atomic E-state index is 9.63. The van der Waals surface area contributed by atoms with Crippen molar-refractivity contribution < 1.29 is 9.84 Å². The van der Waals surface area contributed by atoms with Gasteiger partial charge in [-0.15, -0.1) is 11.8 Å². The van der Waals surface area contributed by atoms with Crippen LogP contribution in [0.2, 0.25) is 0 Å². The lowest BCUT2D eigenvalue weighted by Crippen LogP contribution is -2.35. The number of benzene rings is 1. The summed E-state index contributed by atoms with van der Waals surface area (Å²) in [6.07, 6.45) is 2.11. The van der Waals surface area contributed by atoms with Gasteiger partial charge in [0.15, 0.2) is 0 Å². The minimum Gasteiger partial charge on any atom is -0.492 e. The summed E-state index contributed by atoms with van der Waals surface area (Å²) in [6, 6.07) is 8.21. The van der Waals surface area contributed by atoms with E-state index < -0.39 is 6.23 Å². The second-order valence-electron chi connectivity index (χ2n) is 4.13. The maximum Gasteiger partial charge on any atom is 0.132 e. The van der Waals surface area contributed by atoms with Crippen LogP contribution < -0.4 is 10.1 Å². The highest BCUT2D eigenvalue weighted by Crippen LogP contribution is 2.26. The molecule has 17 heavy (non-hydrogen) atoms. The van der Waals surface area contributed by atoms with Gasteiger partial charge in [0.05, 0.1) is 6.61 Å². The van der Waals surface area contributed by atoms with E-state index in [1.165, 1.54) is 0 Å². The largest absolute Gasteiger partial charge is 0.492 e. The predicted molar refractivity (Wildman–Crippen MR) is 72.6 cm³/mol. The third-order valence-electron chi connectivity index (χ3n) is 2.24. The molecule has 1 rings (SSSR count). The molecule has 1 aromatic rings. The first kappa shape index (κ1) is 14.4. The Hall–Kier alpha value is -0.710. The zero-order chi connectivity index (χ0) is 12.7. The fourth-order valence-corrected chi connectivity index (χ4v) is 2.03. The monoisotopic (exact) mass is 255 g/mol. The van der Waals surface area contributed by atoms with Gasteiger partial charge >= 0.3 is 0 Å². The minimum absolute atomic E-state index is 0.281.